The Bertz CT molecular complexity index is 361. The zero-order valence-electron chi connectivity index (χ0n) is 9.18. The van der Waals surface area contributed by atoms with Gasteiger partial charge in [0.05, 0.1) is 11.2 Å². The van der Waals surface area contributed by atoms with Crippen molar-refractivity contribution in [2.75, 3.05) is 0 Å². The first-order valence-corrected chi connectivity index (χ1v) is 6.15. The van der Waals surface area contributed by atoms with Gasteiger partial charge in [0.2, 0.25) is 0 Å². The first kappa shape index (κ1) is 9.40. The predicted molar refractivity (Wildman–Crippen MR) is 59.6 cm³/mol. The molecule has 1 saturated carbocycles. The summed E-state index contributed by atoms with van der Waals surface area (Å²) in [5.41, 5.74) is 10.4. The van der Waals surface area contributed by atoms with E-state index < -0.39 is 0 Å². The van der Waals surface area contributed by atoms with Gasteiger partial charge in [0.1, 0.15) is 0 Å². The number of nitrogens with two attached hydrogens (primary N) is 1. The lowest BCUT2D eigenvalue weighted by Gasteiger charge is -2.32. The molecule has 1 heterocycles. The Morgan fingerprint density at radius 1 is 1.07 bits per heavy atom. The molecule has 0 spiro atoms. The van der Waals surface area contributed by atoms with E-state index in [4.69, 9.17) is 5.73 Å². The number of H-pyrrole nitrogens is 1. The summed E-state index contributed by atoms with van der Waals surface area (Å²) in [5.74, 6) is 0. The Labute approximate surface area is 90.4 Å². The van der Waals surface area contributed by atoms with E-state index in [0.29, 0.717) is 0 Å². The molecule has 2 aliphatic carbocycles. The van der Waals surface area contributed by atoms with Crippen LogP contribution < -0.4 is 5.73 Å². The molecule has 3 nitrogen and oxygen atoms in total. The van der Waals surface area contributed by atoms with Crippen molar-refractivity contribution in [3.05, 3.63) is 17.0 Å². The fraction of sp³-hybridized carbons (Fsp3) is 0.750. The summed E-state index contributed by atoms with van der Waals surface area (Å²) in [4.78, 5) is 0. The molecule has 0 saturated heterocycles. The van der Waals surface area contributed by atoms with Crippen LogP contribution in [-0.4, -0.2) is 10.2 Å². The maximum atomic E-state index is 6.52. The molecule has 3 N–H and O–H groups in total. The third-order valence-corrected chi connectivity index (χ3v) is 4.02. The summed E-state index contributed by atoms with van der Waals surface area (Å²) in [6.45, 7) is 0. The van der Waals surface area contributed by atoms with Gasteiger partial charge in [-0.25, -0.2) is 0 Å². The van der Waals surface area contributed by atoms with Crippen LogP contribution in [-0.2, 0) is 18.4 Å². The number of aryl methyl sites for hydroxylation is 1. The van der Waals surface area contributed by atoms with Crippen LogP contribution in [0.25, 0.3) is 0 Å². The molecule has 0 unspecified atom stereocenters. The van der Waals surface area contributed by atoms with Gasteiger partial charge in [0.25, 0.3) is 0 Å². The quantitative estimate of drug-likeness (QED) is 0.737. The zero-order chi connectivity index (χ0) is 10.3. The highest BCUT2D eigenvalue weighted by Gasteiger charge is 2.35. The molecule has 0 amide bonds. The summed E-state index contributed by atoms with van der Waals surface area (Å²) in [6, 6.07) is 0. The Kier molecular flexibility index (Phi) is 2.09. The Hall–Kier alpha value is -0.830. The molecule has 0 aromatic carbocycles. The van der Waals surface area contributed by atoms with Gasteiger partial charge >= 0.3 is 0 Å². The second-order valence-corrected chi connectivity index (χ2v) is 5.10. The Morgan fingerprint density at radius 2 is 1.87 bits per heavy atom. The number of hydrogen-bond donors (Lipinski definition) is 2. The summed E-state index contributed by atoms with van der Waals surface area (Å²) < 4.78 is 0. The highest BCUT2D eigenvalue weighted by atomic mass is 15.1. The predicted octanol–water partition coefficient (Wildman–Crippen LogP) is 2.02. The van der Waals surface area contributed by atoms with Gasteiger partial charge in [-0.3, -0.25) is 5.10 Å². The molecule has 2 aliphatic rings. The van der Waals surface area contributed by atoms with Crippen LogP contribution in [0.2, 0.25) is 0 Å². The number of rotatable bonds is 1. The van der Waals surface area contributed by atoms with Crippen LogP contribution in [0.3, 0.4) is 0 Å². The van der Waals surface area contributed by atoms with Crippen LogP contribution in [0.1, 0.15) is 55.5 Å². The maximum Gasteiger partial charge on any atom is 0.0855 e. The topological polar surface area (TPSA) is 54.7 Å². The molecule has 3 rings (SSSR count). The molecule has 0 atom stereocenters. The minimum atomic E-state index is -0.118. The van der Waals surface area contributed by atoms with Gasteiger partial charge in [-0.05, 0) is 37.7 Å². The first-order chi connectivity index (χ1) is 7.30. The molecule has 1 aromatic heterocycles. The van der Waals surface area contributed by atoms with Gasteiger partial charge in [0, 0.05) is 5.69 Å². The maximum absolute atomic E-state index is 6.52. The van der Waals surface area contributed by atoms with Crippen molar-refractivity contribution >= 4 is 0 Å². The lowest BCUT2D eigenvalue weighted by atomic mass is 9.79. The van der Waals surface area contributed by atoms with Crippen molar-refractivity contribution in [2.24, 2.45) is 5.73 Å². The number of fused-ring (bicyclic) bond motifs is 1. The van der Waals surface area contributed by atoms with Crippen LogP contribution >= 0.6 is 0 Å². The molecule has 82 valence electrons. The van der Waals surface area contributed by atoms with Gasteiger partial charge in [-0.1, -0.05) is 19.3 Å². The normalized spacial score (nSPS) is 24.1. The average Bonchev–Trinajstić information content (AvgIpc) is 2.78. The van der Waals surface area contributed by atoms with Crippen LogP contribution in [0, 0.1) is 0 Å². The van der Waals surface area contributed by atoms with Crippen molar-refractivity contribution in [1.29, 1.82) is 0 Å². The molecule has 1 aromatic rings. The van der Waals surface area contributed by atoms with E-state index in [2.05, 4.69) is 10.2 Å². The van der Waals surface area contributed by atoms with E-state index >= 15 is 0 Å². The highest BCUT2D eigenvalue weighted by Crippen LogP contribution is 2.38. The van der Waals surface area contributed by atoms with E-state index in [1.54, 1.807) is 0 Å². The zero-order valence-corrected chi connectivity index (χ0v) is 9.18. The molecular formula is C12H19N3. The van der Waals surface area contributed by atoms with Crippen LogP contribution in [0.5, 0.6) is 0 Å². The molecular weight excluding hydrogens is 186 g/mol. The summed E-state index contributed by atoms with van der Waals surface area (Å²) in [5, 5.41) is 7.66. The first-order valence-electron chi connectivity index (χ1n) is 6.15. The van der Waals surface area contributed by atoms with E-state index in [1.807, 2.05) is 0 Å². The number of aromatic amines is 1. The highest BCUT2D eigenvalue weighted by molar-refractivity contribution is 5.34. The van der Waals surface area contributed by atoms with Crippen LogP contribution in [0.15, 0.2) is 0 Å². The largest absolute Gasteiger partial charge is 0.320 e. The molecule has 1 fully saturated rings. The van der Waals surface area contributed by atoms with Gasteiger partial charge in [-0.2, -0.15) is 5.10 Å². The number of nitrogens with zero attached hydrogens (tertiary/aromatic N) is 1. The lowest BCUT2D eigenvalue weighted by molar-refractivity contribution is 0.293. The van der Waals surface area contributed by atoms with E-state index in [-0.39, 0.29) is 5.54 Å². The average molecular weight is 205 g/mol. The Balaban J connectivity index is 1.97. The Morgan fingerprint density at radius 3 is 2.67 bits per heavy atom. The van der Waals surface area contributed by atoms with Gasteiger partial charge < -0.3 is 5.73 Å². The van der Waals surface area contributed by atoms with Crippen molar-refractivity contribution < 1.29 is 0 Å². The number of hydrogen-bond acceptors (Lipinski definition) is 2. The molecule has 0 aliphatic heterocycles. The SMILES string of the molecule is NC1(c2n[nH]c3c2CCC3)CCCCC1. The second-order valence-electron chi connectivity index (χ2n) is 5.10. The van der Waals surface area contributed by atoms with E-state index in [1.165, 1.54) is 55.5 Å². The molecule has 15 heavy (non-hydrogen) atoms. The third-order valence-electron chi connectivity index (χ3n) is 4.02. The molecule has 0 bridgehead atoms. The monoisotopic (exact) mass is 205 g/mol. The van der Waals surface area contributed by atoms with Crippen LogP contribution in [0.4, 0.5) is 0 Å². The minimum absolute atomic E-state index is 0.118. The molecule has 0 radical (unpaired) electrons. The summed E-state index contributed by atoms with van der Waals surface area (Å²) in [6.07, 6.45) is 9.71. The minimum Gasteiger partial charge on any atom is -0.320 e. The fourth-order valence-corrected chi connectivity index (χ4v) is 3.15. The van der Waals surface area contributed by atoms with Gasteiger partial charge in [0.15, 0.2) is 0 Å². The smallest absolute Gasteiger partial charge is 0.0855 e. The van der Waals surface area contributed by atoms with Crippen molar-refractivity contribution in [2.45, 2.75) is 56.9 Å². The second kappa shape index (κ2) is 3.34. The fourth-order valence-electron chi connectivity index (χ4n) is 3.15. The molecule has 3 heteroatoms. The summed E-state index contributed by atoms with van der Waals surface area (Å²) in [7, 11) is 0. The number of aromatic nitrogens is 2. The van der Waals surface area contributed by atoms with Crippen molar-refractivity contribution in [3.8, 4) is 0 Å². The standard InChI is InChI=1S/C12H19N3/c13-12(7-2-1-3-8-12)11-9-5-4-6-10(9)14-15-11/h1-8,13H2,(H,14,15). The van der Waals surface area contributed by atoms with Crippen molar-refractivity contribution in [1.82, 2.24) is 10.2 Å². The number of nitrogens with one attached hydrogen (secondary N) is 1. The van der Waals surface area contributed by atoms with E-state index in [0.717, 1.165) is 12.8 Å². The lowest BCUT2D eigenvalue weighted by Crippen LogP contribution is -2.39. The van der Waals surface area contributed by atoms with Crippen molar-refractivity contribution in [3.63, 3.8) is 0 Å². The van der Waals surface area contributed by atoms with Gasteiger partial charge in [-0.15, -0.1) is 0 Å². The third kappa shape index (κ3) is 1.41. The summed E-state index contributed by atoms with van der Waals surface area (Å²) >= 11 is 0. The van der Waals surface area contributed by atoms with E-state index in [9.17, 15) is 0 Å².